The van der Waals surface area contributed by atoms with Crippen LogP contribution in [0, 0.1) is 11.8 Å². The third-order valence-corrected chi connectivity index (χ3v) is 5.47. The molecule has 0 aliphatic heterocycles. The maximum atomic E-state index is 11.9. The molecule has 0 amide bonds. The van der Waals surface area contributed by atoms with Gasteiger partial charge in [-0.25, -0.2) is 0 Å². The first kappa shape index (κ1) is 14.9. The molecule has 2 aliphatic carbocycles. The molecule has 0 heterocycles. The van der Waals surface area contributed by atoms with E-state index in [1.165, 1.54) is 7.11 Å². The molecular weight excluding hydrogens is 308 g/mol. The topological polar surface area (TPSA) is 83.8 Å². The van der Waals surface area contributed by atoms with Gasteiger partial charge in [-0.3, -0.25) is 9.59 Å². The van der Waals surface area contributed by atoms with Gasteiger partial charge in [0.2, 0.25) is 0 Å². The molecule has 24 heavy (non-hydrogen) atoms. The Morgan fingerprint density at radius 1 is 0.958 bits per heavy atom. The molecule has 2 aliphatic rings. The molecule has 5 nitrogen and oxygen atoms in total. The van der Waals surface area contributed by atoms with Gasteiger partial charge < -0.3 is 14.9 Å². The SMILES string of the molecule is CO[C@@]12c3ccccc3-c3ccccc3[C@@H]1[C@H](C(=O)O)[C@@H]2C(=O)O. The lowest BCUT2D eigenvalue weighted by atomic mass is 9.46. The molecule has 2 aromatic carbocycles. The monoisotopic (exact) mass is 324 g/mol. The van der Waals surface area contributed by atoms with E-state index in [1.807, 2.05) is 48.5 Å². The number of rotatable bonds is 3. The maximum absolute atomic E-state index is 11.9. The zero-order valence-corrected chi connectivity index (χ0v) is 13.0. The highest BCUT2D eigenvalue weighted by molar-refractivity contribution is 5.90. The summed E-state index contributed by atoms with van der Waals surface area (Å²) in [6.07, 6.45) is 0. The summed E-state index contributed by atoms with van der Waals surface area (Å²) in [5.41, 5.74) is 2.28. The van der Waals surface area contributed by atoms with E-state index in [0.717, 1.165) is 22.3 Å². The number of hydrogen-bond acceptors (Lipinski definition) is 3. The van der Waals surface area contributed by atoms with Gasteiger partial charge in [-0.2, -0.15) is 0 Å². The van der Waals surface area contributed by atoms with Crippen LogP contribution in [-0.2, 0) is 19.9 Å². The number of fused-ring (bicyclic) bond motifs is 6. The zero-order valence-electron chi connectivity index (χ0n) is 13.0. The molecule has 0 saturated heterocycles. The van der Waals surface area contributed by atoms with Crippen LogP contribution in [0.25, 0.3) is 11.1 Å². The minimum absolute atomic E-state index is 0.521. The fraction of sp³-hybridized carbons (Fsp3) is 0.263. The Morgan fingerprint density at radius 3 is 2.21 bits per heavy atom. The second kappa shape index (κ2) is 4.92. The van der Waals surface area contributed by atoms with E-state index in [-0.39, 0.29) is 0 Å². The number of ether oxygens (including phenoxy) is 1. The van der Waals surface area contributed by atoms with Gasteiger partial charge in [0, 0.05) is 13.0 Å². The molecule has 4 rings (SSSR count). The van der Waals surface area contributed by atoms with Gasteiger partial charge in [-0.05, 0) is 22.3 Å². The quantitative estimate of drug-likeness (QED) is 0.907. The lowest BCUT2D eigenvalue weighted by Gasteiger charge is -2.59. The van der Waals surface area contributed by atoms with Crippen LogP contribution in [0.4, 0.5) is 0 Å². The van der Waals surface area contributed by atoms with Gasteiger partial charge >= 0.3 is 11.9 Å². The van der Waals surface area contributed by atoms with E-state index < -0.39 is 35.3 Å². The molecule has 122 valence electrons. The van der Waals surface area contributed by atoms with Gasteiger partial charge in [0.15, 0.2) is 0 Å². The summed E-state index contributed by atoms with van der Waals surface area (Å²) in [6.45, 7) is 0. The molecular formula is C19H16O5. The summed E-state index contributed by atoms with van der Waals surface area (Å²) in [5.74, 6) is -4.91. The van der Waals surface area contributed by atoms with Crippen molar-refractivity contribution in [2.24, 2.45) is 11.8 Å². The number of hydrogen-bond donors (Lipinski definition) is 2. The van der Waals surface area contributed by atoms with E-state index in [9.17, 15) is 19.8 Å². The molecule has 5 heteroatoms. The van der Waals surface area contributed by atoms with Crippen LogP contribution in [0.3, 0.4) is 0 Å². The first-order valence-corrected chi connectivity index (χ1v) is 7.73. The summed E-state index contributed by atoms with van der Waals surface area (Å²) < 4.78 is 5.77. The highest BCUT2D eigenvalue weighted by atomic mass is 16.5. The number of aliphatic carboxylic acids is 2. The van der Waals surface area contributed by atoms with Crippen molar-refractivity contribution in [3.8, 4) is 11.1 Å². The molecule has 1 saturated carbocycles. The number of carboxylic acids is 2. The summed E-state index contributed by atoms with van der Waals surface area (Å²) >= 11 is 0. The van der Waals surface area contributed by atoms with E-state index in [0.29, 0.717) is 0 Å². The van der Waals surface area contributed by atoms with Crippen LogP contribution in [0.5, 0.6) is 0 Å². The van der Waals surface area contributed by atoms with Gasteiger partial charge in [-0.1, -0.05) is 48.5 Å². The predicted molar refractivity (Wildman–Crippen MR) is 85.6 cm³/mol. The lowest BCUT2D eigenvalue weighted by Crippen LogP contribution is -2.65. The fourth-order valence-electron chi connectivity index (χ4n) is 4.62. The van der Waals surface area contributed by atoms with Crippen LogP contribution in [-0.4, -0.2) is 29.3 Å². The Kier molecular flexibility index (Phi) is 3.05. The Hall–Kier alpha value is -2.66. The Bertz CT molecular complexity index is 858. The average Bonchev–Trinajstić information content (AvgIpc) is 2.54. The Balaban J connectivity index is 2.06. The lowest BCUT2D eigenvalue weighted by molar-refractivity contribution is -0.217. The van der Waals surface area contributed by atoms with E-state index in [4.69, 9.17) is 4.74 Å². The van der Waals surface area contributed by atoms with Crippen molar-refractivity contribution in [3.05, 3.63) is 59.7 Å². The highest BCUT2D eigenvalue weighted by Gasteiger charge is 2.71. The normalized spacial score (nSPS) is 29.6. The van der Waals surface area contributed by atoms with Crippen molar-refractivity contribution in [2.75, 3.05) is 7.11 Å². The molecule has 2 N–H and O–H groups in total. The van der Waals surface area contributed by atoms with Crippen LogP contribution >= 0.6 is 0 Å². The number of carbonyl (C=O) groups is 2. The Morgan fingerprint density at radius 2 is 1.58 bits per heavy atom. The van der Waals surface area contributed by atoms with Gasteiger partial charge in [0.25, 0.3) is 0 Å². The van der Waals surface area contributed by atoms with Crippen molar-refractivity contribution in [3.63, 3.8) is 0 Å². The molecule has 0 unspecified atom stereocenters. The smallest absolute Gasteiger partial charge is 0.310 e. The maximum Gasteiger partial charge on any atom is 0.310 e. The van der Waals surface area contributed by atoms with Gasteiger partial charge in [0.05, 0.1) is 5.92 Å². The first-order valence-electron chi connectivity index (χ1n) is 7.73. The fourth-order valence-corrected chi connectivity index (χ4v) is 4.62. The second-order valence-corrected chi connectivity index (χ2v) is 6.29. The summed E-state index contributed by atoms with van der Waals surface area (Å²) in [4.78, 5) is 23.7. The Labute approximate surface area is 138 Å². The minimum Gasteiger partial charge on any atom is -0.481 e. The van der Waals surface area contributed by atoms with Gasteiger partial charge in [-0.15, -0.1) is 0 Å². The van der Waals surface area contributed by atoms with Crippen LogP contribution in [0.15, 0.2) is 48.5 Å². The van der Waals surface area contributed by atoms with Crippen LogP contribution in [0.1, 0.15) is 17.0 Å². The third kappa shape index (κ3) is 1.57. The van der Waals surface area contributed by atoms with Crippen molar-refractivity contribution in [1.29, 1.82) is 0 Å². The van der Waals surface area contributed by atoms with E-state index in [2.05, 4.69) is 0 Å². The summed E-state index contributed by atoms with van der Waals surface area (Å²) in [7, 11) is 1.46. The highest BCUT2D eigenvalue weighted by Crippen LogP contribution is 2.67. The largest absolute Gasteiger partial charge is 0.481 e. The predicted octanol–water partition coefficient (Wildman–Crippen LogP) is 2.71. The molecule has 0 spiro atoms. The average molecular weight is 324 g/mol. The molecule has 0 aromatic heterocycles. The van der Waals surface area contributed by atoms with Crippen LogP contribution < -0.4 is 0 Å². The van der Waals surface area contributed by atoms with E-state index in [1.54, 1.807) is 0 Å². The van der Waals surface area contributed by atoms with Crippen LogP contribution in [0.2, 0.25) is 0 Å². The van der Waals surface area contributed by atoms with Crippen molar-refractivity contribution >= 4 is 11.9 Å². The number of benzene rings is 2. The minimum atomic E-state index is -1.15. The first-order chi connectivity index (χ1) is 11.5. The molecule has 0 bridgehead atoms. The van der Waals surface area contributed by atoms with E-state index >= 15 is 0 Å². The number of methoxy groups -OCH3 is 1. The second-order valence-electron chi connectivity index (χ2n) is 6.29. The molecule has 2 aromatic rings. The molecule has 4 atom stereocenters. The summed E-state index contributed by atoms with van der Waals surface area (Å²) in [6, 6.07) is 15.1. The number of carboxylic acid groups (broad SMARTS) is 2. The third-order valence-electron chi connectivity index (χ3n) is 5.47. The standard InChI is InChI=1S/C19H16O5/c1-24-19-13-9-5-4-7-11(13)10-6-2-3-8-12(10)15(19)14(17(20)21)16(19)18(22)23/h2-9,14-16H,1H3,(H,20,21)(H,22,23)/t14-,15+,16+,19-/m0/s1. The van der Waals surface area contributed by atoms with Crippen molar-refractivity contribution in [2.45, 2.75) is 11.5 Å². The zero-order chi connectivity index (χ0) is 17.1. The van der Waals surface area contributed by atoms with Gasteiger partial charge in [0.1, 0.15) is 11.5 Å². The molecule has 1 fully saturated rings. The van der Waals surface area contributed by atoms with Crippen molar-refractivity contribution in [1.82, 2.24) is 0 Å². The molecule has 0 radical (unpaired) electrons. The summed E-state index contributed by atoms with van der Waals surface area (Å²) in [5, 5.41) is 19.4. The van der Waals surface area contributed by atoms with Crippen molar-refractivity contribution < 1.29 is 24.5 Å².